The van der Waals surface area contributed by atoms with Crippen LogP contribution in [0.25, 0.3) is 0 Å². The van der Waals surface area contributed by atoms with Crippen molar-refractivity contribution in [3.63, 3.8) is 0 Å². The van der Waals surface area contributed by atoms with Crippen LogP contribution < -0.4 is 10.6 Å². The van der Waals surface area contributed by atoms with Gasteiger partial charge >= 0.3 is 5.97 Å². The number of aromatic carboxylic acids is 1. The molecule has 0 aliphatic heterocycles. The number of carboxylic acid groups (broad SMARTS) is 1. The molecule has 0 aliphatic rings. The van der Waals surface area contributed by atoms with Crippen LogP contribution in [-0.4, -0.2) is 29.4 Å². The molecule has 104 valence electrons. The number of hydrogen-bond acceptors (Lipinski definition) is 4. The first-order valence-electron chi connectivity index (χ1n) is 5.60. The van der Waals surface area contributed by atoms with Crippen LogP contribution in [0.4, 0.5) is 5.00 Å². The third kappa shape index (κ3) is 4.36. The van der Waals surface area contributed by atoms with E-state index in [0.717, 1.165) is 11.3 Å². The highest BCUT2D eigenvalue weighted by Crippen LogP contribution is 2.22. The molecule has 3 N–H and O–H groups in total. The van der Waals surface area contributed by atoms with Gasteiger partial charge in [-0.05, 0) is 11.4 Å². The van der Waals surface area contributed by atoms with Crippen LogP contribution >= 0.6 is 11.3 Å². The summed E-state index contributed by atoms with van der Waals surface area (Å²) in [5, 5.41) is 15.7. The summed E-state index contributed by atoms with van der Waals surface area (Å²) in [6.07, 6.45) is 0. The minimum atomic E-state index is -1.10. The summed E-state index contributed by atoms with van der Waals surface area (Å²) >= 11 is 1.12. The fourth-order valence-corrected chi connectivity index (χ4v) is 1.97. The Morgan fingerprint density at radius 1 is 1.32 bits per heavy atom. The Morgan fingerprint density at radius 2 is 1.95 bits per heavy atom. The second kappa shape index (κ2) is 5.83. The summed E-state index contributed by atoms with van der Waals surface area (Å²) in [7, 11) is 0. The summed E-state index contributed by atoms with van der Waals surface area (Å²) in [5.41, 5.74) is -0.532. The molecule has 6 nitrogen and oxygen atoms in total. The van der Waals surface area contributed by atoms with Gasteiger partial charge in [-0.25, -0.2) is 4.79 Å². The maximum atomic E-state index is 11.6. The third-order valence-corrected chi connectivity index (χ3v) is 3.07. The van der Waals surface area contributed by atoms with Gasteiger partial charge in [0.25, 0.3) is 0 Å². The molecule has 0 aromatic carbocycles. The van der Waals surface area contributed by atoms with E-state index in [2.05, 4.69) is 10.6 Å². The molecular weight excluding hydrogens is 268 g/mol. The summed E-state index contributed by atoms with van der Waals surface area (Å²) in [6, 6.07) is 1.41. The molecule has 19 heavy (non-hydrogen) atoms. The van der Waals surface area contributed by atoms with Crippen molar-refractivity contribution in [3.8, 4) is 0 Å². The number of carbonyl (C=O) groups is 3. The first-order chi connectivity index (χ1) is 8.71. The Hall–Kier alpha value is -1.89. The van der Waals surface area contributed by atoms with E-state index in [4.69, 9.17) is 5.11 Å². The minimum absolute atomic E-state index is 0.0421. The first kappa shape index (κ1) is 15.2. The van der Waals surface area contributed by atoms with E-state index in [1.807, 2.05) is 0 Å². The molecule has 0 aliphatic carbocycles. The quantitative estimate of drug-likeness (QED) is 0.781. The summed E-state index contributed by atoms with van der Waals surface area (Å²) in [5.74, 6) is -1.80. The molecule has 1 rings (SSSR count). The van der Waals surface area contributed by atoms with E-state index >= 15 is 0 Å². The van der Waals surface area contributed by atoms with Gasteiger partial charge in [0.05, 0.1) is 12.1 Å². The first-order valence-corrected chi connectivity index (χ1v) is 6.48. The van der Waals surface area contributed by atoms with Gasteiger partial charge in [0.1, 0.15) is 5.00 Å². The van der Waals surface area contributed by atoms with Crippen molar-refractivity contribution in [2.45, 2.75) is 20.8 Å². The van der Waals surface area contributed by atoms with Crippen molar-refractivity contribution < 1.29 is 19.5 Å². The maximum Gasteiger partial charge on any atom is 0.338 e. The summed E-state index contributed by atoms with van der Waals surface area (Å²) in [4.78, 5) is 34.0. The Bertz CT molecular complexity index is 502. The van der Waals surface area contributed by atoms with E-state index in [-0.39, 0.29) is 23.0 Å². The Labute approximate surface area is 114 Å². The lowest BCUT2D eigenvalue weighted by atomic mass is 9.96. The predicted molar refractivity (Wildman–Crippen MR) is 72.4 cm³/mol. The molecule has 0 saturated carbocycles. The van der Waals surface area contributed by atoms with Gasteiger partial charge in [-0.3, -0.25) is 9.59 Å². The van der Waals surface area contributed by atoms with Crippen LogP contribution in [-0.2, 0) is 9.59 Å². The van der Waals surface area contributed by atoms with E-state index < -0.39 is 17.3 Å². The number of anilines is 1. The van der Waals surface area contributed by atoms with Crippen LogP contribution in [0, 0.1) is 5.41 Å². The zero-order chi connectivity index (χ0) is 14.6. The molecule has 0 fully saturated rings. The number of rotatable bonds is 4. The zero-order valence-corrected chi connectivity index (χ0v) is 11.8. The van der Waals surface area contributed by atoms with Gasteiger partial charge < -0.3 is 15.7 Å². The molecule has 7 heteroatoms. The minimum Gasteiger partial charge on any atom is -0.478 e. The lowest BCUT2D eigenvalue weighted by molar-refractivity contribution is -0.130. The fourth-order valence-electron chi connectivity index (χ4n) is 1.17. The Balaban J connectivity index is 2.55. The van der Waals surface area contributed by atoms with Gasteiger partial charge in [0, 0.05) is 5.41 Å². The molecule has 0 bridgehead atoms. The number of amides is 2. The van der Waals surface area contributed by atoms with Crippen LogP contribution in [0.1, 0.15) is 31.1 Å². The zero-order valence-electron chi connectivity index (χ0n) is 10.9. The SMILES string of the molecule is CC(C)(C)C(=O)NCC(=O)Nc1sccc1C(=O)O. The van der Waals surface area contributed by atoms with Crippen LogP contribution in [0.5, 0.6) is 0 Å². The van der Waals surface area contributed by atoms with Crippen molar-refractivity contribution in [2.75, 3.05) is 11.9 Å². The molecule has 1 heterocycles. The van der Waals surface area contributed by atoms with Crippen molar-refractivity contribution in [1.29, 1.82) is 0 Å². The second-order valence-electron chi connectivity index (χ2n) is 4.95. The topological polar surface area (TPSA) is 95.5 Å². The fraction of sp³-hybridized carbons (Fsp3) is 0.417. The average Bonchev–Trinajstić information content (AvgIpc) is 2.72. The number of nitrogens with one attached hydrogen (secondary N) is 2. The maximum absolute atomic E-state index is 11.6. The molecule has 0 atom stereocenters. The van der Waals surface area contributed by atoms with Crippen LogP contribution in [0.15, 0.2) is 11.4 Å². The van der Waals surface area contributed by atoms with Crippen LogP contribution in [0.3, 0.4) is 0 Å². The average molecular weight is 284 g/mol. The van der Waals surface area contributed by atoms with E-state index in [9.17, 15) is 14.4 Å². The third-order valence-electron chi connectivity index (χ3n) is 2.24. The van der Waals surface area contributed by atoms with Crippen molar-refractivity contribution in [1.82, 2.24) is 5.32 Å². The van der Waals surface area contributed by atoms with Gasteiger partial charge in [-0.15, -0.1) is 11.3 Å². The van der Waals surface area contributed by atoms with Gasteiger partial charge in [-0.2, -0.15) is 0 Å². The molecule has 1 aromatic heterocycles. The smallest absolute Gasteiger partial charge is 0.338 e. The van der Waals surface area contributed by atoms with E-state index in [1.165, 1.54) is 6.07 Å². The van der Waals surface area contributed by atoms with Gasteiger partial charge in [0.2, 0.25) is 11.8 Å². The molecule has 2 amide bonds. The number of hydrogen-bond donors (Lipinski definition) is 3. The van der Waals surface area contributed by atoms with E-state index in [1.54, 1.807) is 26.2 Å². The molecule has 0 spiro atoms. The van der Waals surface area contributed by atoms with Gasteiger partial charge in [0.15, 0.2) is 0 Å². The van der Waals surface area contributed by atoms with E-state index in [0.29, 0.717) is 0 Å². The Kier molecular flexibility index (Phi) is 4.66. The van der Waals surface area contributed by atoms with Crippen molar-refractivity contribution in [2.24, 2.45) is 5.41 Å². The summed E-state index contributed by atoms with van der Waals surface area (Å²) in [6.45, 7) is 5.03. The lowest BCUT2D eigenvalue weighted by Crippen LogP contribution is -2.39. The molecule has 0 unspecified atom stereocenters. The highest BCUT2D eigenvalue weighted by atomic mass is 32.1. The summed E-state index contributed by atoms with van der Waals surface area (Å²) < 4.78 is 0. The number of carbonyl (C=O) groups excluding carboxylic acids is 2. The Morgan fingerprint density at radius 3 is 2.47 bits per heavy atom. The molecular formula is C12H16N2O4S. The monoisotopic (exact) mass is 284 g/mol. The predicted octanol–water partition coefficient (Wildman–Crippen LogP) is 1.55. The number of thiophene rings is 1. The lowest BCUT2D eigenvalue weighted by Gasteiger charge is -2.17. The standard InChI is InChI=1S/C12H16N2O4S/c1-12(2,3)11(18)13-6-8(15)14-9-7(10(16)17)4-5-19-9/h4-5H,6H2,1-3H3,(H,13,18)(H,14,15)(H,16,17). The normalized spacial score (nSPS) is 10.9. The van der Waals surface area contributed by atoms with Crippen molar-refractivity contribution in [3.05, 3.63) is 17.0 Å². The molecule has 0 saturated heterocycles. The number of carboxylic acids is 1. The molecule has 1 aromatic rings. The van der Waals surface area contributed by atoms with Crippen LogP contribution in [0.2, 0.25) is 0 Å². The second-order valence-corrected chi connectivity index (χ2v) is 5.87. The molecule has 0 radical (unpaired) electrons. The highest BCUT2D eigenvalue weighted by Gasteiger charge is 2.21. The van der Waals surface area contributed by atoms with Gasteiger partial charge in [-0.1, -0.05) is 20.8 Å². The largest absolute Gasteiger partial charge is 0.478 e. The van der Waals surface area contributed by atoms with Crippen molar-refractivity contribution >= 4 is 34.1 Å². The highest BCUT2D eigenvalue weighted by molar-refractivity contribution is 7.14.